The average Bonchev–Trinajstić information content (AvgIpc) is 3.83. The number of carboxylic acid groups (broad SMARTS) is 1. The van der Waals surface area contributed by atoms with Gasteiger partial charge < -0.3 is 14.3 Å². The number of ether oxygens (including phenoxy) is 1. The van der Waals surface area contributed by atoms with E-state index in [1.54, 1.807) is 0 Å². The van der Waals surface area contributed by atoms with Crippen molar-refractivity contribution in [3.63, 3.8) is 0 Å². The standard InChI is InChI=1S/C54H98N4O7SSi/c1-52(2,3)50(61)64-45-39-32-28-24-22-20-18-16-14-12-10-9-11-13-15-17-19-21-23-26-30-37-43-48(49(59)60)54(47-41-35-34-36-42-47,65-67(7,8)53(4,5)6)44-38-31-27-25-29-33-40-46-66(62,63)51-55-57-58-56-51/h34-36,41-42,48H,9-33,37-40,43-46H2,1-8H3,(H,59,60)(H,55,56,57,58)/t48-,54+/m1/s1. The van der Waals surface area contributed by atoms with Crippen LogP contribution in [0.15, 0.2) is 35.5 Å². The van der Waals surface area contributed by atoms with E-state index in [1.807, 2.05) is 39.0 Å². The SMILES string of the molecule is CC(C)(C)C(=O)OCCCCCCCCCCCCCCCCCCCCCCCC[C@H](C(=O)O)[C@@](CCCCCCCCCS(=O)(=O)c1nn[nH]n1)(O[Si](C)(C)C(C)(C)C)c1ccccc1. The Labute approximate surface area is 410 Å². The number of hydrogen-bond donors (Lipinski definition) is 2. The molecule has 2 N–H and O–H groups in total. The van der Waals surface area contributed by atoms with E-state index in [1.165, 1.54) is 109 Å². The molecule has 0 bridgehead atoms. The van der Waals surface area contributed by atoms with Crippen molar-refractivity contribution in [1.29, 1.82) is 0 Å². The Hall–Kier alpha value is -2.64. The largest absolute Gasteiger partial charge is 0.481 e. The third-order valence-electron chi connectivity index (χ3n) is 14.2. The smallest absolute Gasteiger partial charge is 0.311 e. The van der Waals surface area contributed by atoms with Crippen LogP contribution in [0.3, 0.4) is 0 Å². The second-order valence-electron chi connectivity index (χ2n) is 22.2. The van der Waals surface area contributed by atoms with E-state index in [0.717, 1.165) is 76.2 Å². The molecule has 1 aromatic carbocycles. The summed E-state index contributed by atoms with van der Waals surface area (Å²) in [7, 11) is -5.91. The number of H-pyrrole nitrogens is 1. The number of aromatic amines is 1. The van der Waals surface area contributed by atoms with Crippen molar-refractivity contribution in [2.45, 2.75) is 269 Å². The fraction of sp³-hybridized carbons (Fsp3) is 0.833. The van der Waals surface area contributed by atoms with Crippen LogP contribution < -0.4 is 0 Å². The first kappa shape index (κ1) is 60.5. The predicted molar refractivity (Wildman–Crippen MR) is 277 cm³/mol. The first-order valence-electron chi connectivity index (χ1n) is 27.0. The van der Waals surface area contributed by atoms with Gasteiger partial charge in [0, 0.05) is 0 Å². The second-order valence-corrected chi connectivity index (χ2v) is 28.9. The molecule has 11 nitrogen and oxygen atoms in total. The highest BCUT2D eigenvalue weighted by molar-refractivity contribution is 7.91. The van der Waals surface area contributed by atoms with Crippen molar-refractivity contribution in [2.24, 2.45) is 11.3 Å². The van der Waals surface area contributed by atoms with Crippen LogP contribution in [0.1, 0.15) is 246 Å². The second kappa shape index (κ2) is 33.0. The van der Waals surface area contributed by atoms with Crippen LogP contribution in [0, 0.1) is 11.3 Å². The Morgan fingerprint density at radius 1 is 0.627 bits per heavy atom. The monoisotopic (exact) mass is 975 g/mol. The van der Waals surface area contributed by atoms with Crippen molar-refractivity contribution >= 4 is 30.1 Å². The number of aromatic nitrogens is 4. The molecule has 0 radical (unpaired) electrons. The average molecular weight is 976 g/mol. The molecule has 0 aliphatic rings. The number of aliphatic carboxylic acids is 1. The van der Waals surface area contributed by atoms with Gasteiger partial charge >= 0.3 is 11.9 Å². The number of nitrogens with one attached hydrogen (secondary N) is 1. The summed E-state index contributed by atoms with van der Waals surface area (Å²) >= 11 is 0. The summed E-state index contributed by atoms with van der Waals surface area (Å²) in [4.78, 5) is 25.2. The number of hydrogen-bond acceptors (Lipinski definition) is 9. The number of rotatable bonds is 41. The molecule has 0 fully saturated rings. The van der Waals surface area contributed by atoms with Gasteiger partial charge in [0.25, 0.3) is 5.16 Å². The van der Waals surface area contributed by atoms with Gasteiger partial charge in [-0.15, -0.1) is 5.10 Å². The van der Waals surface area contributed by atoms with Crippen LogP contribution in [-0.4, -0.2) is 66.8 Å². The van der Waals surface area contributed by atoms with E-state index >= 15 is 0 Å². The molecule has 0 aliphatic carbocycles. The van der Waals surface area contributed by atoms with Gasteiger partial charge in [-0.3, -0.25) is 9.59 Å². The number of esters is 1. The van der Waals surface area contributed by atoms with E-state index in [4.69, 9.17) is 9.16 Å². The van der Waals surface area contributed by atoms with Crippen LogP contribution >= 0.6 is 0 Å². The molecule has 386 valence electrons. The molecule has 1 aromatic heterocycles. The summed E-state index contributed by atoms with van der Waals surface area (Å²) in [6, 6.07) is 10.2. The van der Waals surface area contributed by atoms with Crippen molar-refractivity contribution in [2.75, 3.05) is 12.4 Å². The molecule has 0 saturated heterocycles. The maximum Gasteiger partial charge on any atom is 0.311 e. The Morgan fingerprint density at radius 3 is 1.45 bits per heavy atom. The van der Waals surface area contributed by atoms with Gasteiger partial charge in [0.2, 0.25) is 9.84 Å². The van der Waals surface area contributed by atoms with E-state index in [0.29, 0.717) is 25.9 Å². The number of carbonyl (C=O) groups is 2. The molecule has 0 amide bonds. The minimum absolute atomic E-state index is 0.0150. The van der Waals surface area contributed by atoms with Gasteiger partial charge in [-0.05, 0) is 75.4 Å². The normalized spacial score (nSPS) is 14.0. The van der Waals surface area contributed by atoms with Gasteiger partial charge in [-0.25, -0.2) is 8.42 Å². The van der Waals surface area contributed by atoms with Crippen LogP contribution in [0.5, 0.6) is 0 Å². The zero-order valence-electron chi connectivity index (χ0n) is 43.9. The lowest BCUT2D eigenvalue weighted by Crippen LogP contribution is -2.53. The van der Waals surface area contributed by atoms with Crippen LogP contribution in [0.4, 0.5) is 0 Å². The summed E-state index contributed by atoms with van der Waals surface area (Å²) in [6.07, 6.45) is 35.3. The Morgan fingerprint density at radius 2 is 1.04 bits per heavy atom. The van der Waals surface area contributed by atoms with Crippen molar-refractivity contribution in [1.82, 2.24) is 20.6 Å². The van der Waals surface area contributed by atoms with Gasteiger partial charge in [0.05, 0.1) is 29.3 Å². The van der Waals surface area contributed by atoms with Crippen LogP contribution in [0.2, 0.25) is 18.1 Å². The number of benzene rings is 1. The van der Waals surface area contributed by atoms with Crippen molar-refractivity contribution in [3.05, 3.63) is 35.9 Å². The van der Waals surface area contributed by atoms with Gasteiger partial charge in [-0.1, -0.05) is 230 Å². The molecule has 2 rings (SSSR count). The molecular weight excluding hydrogens is 877 g/mol. The highest BCUT2D eigenvalue weighted by Crippen LogP contribution is 2.49. The molecule has 1 heterocycles. The lowest BCUT2D eigenvalue weighted by molar-refractivity contribution is -0.154. The Balaban J connectivity index is 1.66. The maximum atomic E-state index is 13.4. The summed E-state index contributed by atoms with van der Waals surface area (Å²) < 4.78 is 37.5. The van der Waals surface area contributed by atoms with Gasteiger partial charge in [0.1, 0.15) is 0 Å². The van der Waals surface area contributed by atoms with Gasteiger partial charge in [-0.2, -0.15) is 5.21 Å². The highest BCUT2D eigenvalue weighted by atomic mass is 32.2. The highest BCUT2D eigenvalue weighted by Gasteiger charge is 2.51. The number of sulfone groups is 1. The minimum Gasteiger partial charge on any atom is -0.481 e. The van der Waals surface area contributed by atoms with Crippen LogP contribution in [-0.2, 0) is 34.2 Å². The van der Waals surface area contributed by atoms with Crippen LogP contribution in [0.25, 0.3) is 0 Å². The number of carboxylic acids is 1. The fourth-order valence-corrected chi connectivity index (χ4v) is 11.6. The zero-order chi connectivity index (χ0) is 49.5. The summed E-state index contributed by atoms with van der Waals surface area (Å²) in [6.45, 7) is 17.4. The first-order valence-corrected chi connectivity index (χ1v) is 31.5. The van der Waals surface area contributed by atoms with E-state index < -0.39 is 41.1 Å². The van der Waals surface area contributed by atoms with Crippen molar-refractivity contribution in [3.8, 4) is 0 Å². The molecule has 67 heavy (non-hydrogen) atoms. The number of tetrazole rings is 1. The quantitative estimate of drug-likeness (QED) is 0.0373. The predicted octanol–water partition coefficient (Wildman–Crippen LogP) is 15.3. The van der Waals surface area contributed by atoms with Crippen molar-refractivity contribution < 1.29 is 32.3 Å². The Kier molecular flexibility index (Phi) is 29.8. The number of carbonyl (C=O) groups excluding carboxylic acids is 1. The molecule has 2 atom stereocenters. The summed E-state index contributed by atoms with van der Waals surface area (Å²) in [5.74, 6) is -1.48. The summed E-state index contributed by atoms with van der Waals surface area (Å²) in [5.41, 5.74) is -0.329. The maximum absolute atomic E-state index is 13.4. The topological polar surface area (TPSA) is 161 Å². The molecule has 0 unspecified atom stereocenters. The minimum atomic E-state index is -3.51. The molecule has 13 heteroatoms. The lowest BCUT2D eigenvalue weighted by Gasteiger charge is -2.49. The summed E-state index contributed by atoms with van der Waals surface area (Å²) in [5, 5.41) is 23.5. The third-order valence-corrected chi connectivity index (χ3v) is 20.2. The molecule has 2 aromatic rings. The fourth-order valence-electron chi connectivity index (χ4n) is 8.89. The zero-order valence-corrected chi connectivity index (χ0v) is 45.8. The lowest BCUT2D eigenvalue weighted by atomic mass is 9.75. The number of nitrogens with zero attached hydrogens (tertiary/aromatic N) is 3. The first-order chi connectivity index (χ1) is 31.8. The van der Waals surface area contributed by atoms with E-state index in [9.17, 15) is 23.1 Å². The van der Waals surface area contributed by atoms with E-state index in [-0.39, 0.29) is 21.9 Å². The Bertz CT molecular complexity index is 1680. The third kappa shape index (κ3) is 25.2. The number of unbranched alkanes of at least 4 members (excludes halogenated alkanes) is 27. The van der Waals surface area contributed by atoms with E-state index in [2.05, 4.69) is 66.6 Å². The van der Waals surface area contributed by atoms with Gasteiger partial charge in [0.15, 0.2) is 8.32 Å². The molecule has 0 spiro atoms. The molecule has 0 saturated carbocycles. The molecule has 0 aliphatic heterocycles. The molecular formula is C54H98N4O7SSi.